The zero-order valence-electron chi connectivity index (χ0n) is 11.9. The van der Waals surface area contributed by atoms with Crippen LogP contribution >= 0.6 is 11.8 Å². The van der Waals surface area contributed by atoms with Crippen molar-refractivity contribution < 1.29 is 14.6 Å². The minimum absolute atomic E-state index is 0.0301. The molecule has 2 heterocycles. The van der Waals surface area contributed by atoms with Gasteiger partial charge in [-0.1, -0.05) is 12.1 Å². The molecule has 1 amide bonds. The van der Waals surface area contributed by atoms with Crippen molar-refractivity contribution in [3.05, 3.63) is 48.2 Å². The smallest absolute Gasteiger partial charge is 0.257 e. The number of nitrogens with one attached hydrogen (secondary N) is 1. The lowest BCUT2D eigenvalue weighted by atomic mass is 10.2. The summed E-state index contributed by atoms with van der Waals surface area (Å²) in [4.78, 5) is 16.3. The van der Waals surface area contributed by atoms with Crippen LogP contribution in [0, 0.1) is 0 Å². The number of amides is 1. The molecule has 1 unspecified atom stereocenters. The molecule has 1 aromatic heterocycles. The van der Waals surface area contributed by atoms with Crippen molar-refractivity contribution in [2.75, 3.05) is 16.8 Å². The van der Waals surface area contributed by atoms with Gasteiger partial charge in [0, 0.05) is 18.0 Å². The Morgan fingerprint density at radius 1 is 1.32 bits per heavy atom. The van der Waals surface area contributed by atoms with Crippen molar-refractivity contribution in [1.82, 2.24) is 4.98 Å². The van der Waals surface area contributed by atoms with Crippen LogP contribution in [0.4, 0.5) is 5.69 Å². The summed E-state index contributed by atoms with van der Waals surface area (Å²) in [5, 5.41) is 12.3. The molecule has 1 aromatic carbocycles. The van der Waals surface area contributed by atoms with Crippen molar-refractivity contribution in [3.8, 4) is 11.6 Å². The number of aromatic hydroxyl groups is 1. The molecule has 114 valence electrons. The molecule has 0 radical (unpaired) electrons. The first-order chi connectivity index (χ1) is 10.7. The summed E-state index contributed by atoms with van der Waals surface area (Å²) in [6, 6.07) is 9.95. The number of para-hydroxylation sites is 2. The first-order valence-corrected chi connectivity index (χ1v) is 8.17. The van der Waals surface area contributed by atoms with Crippen LogP contribution in [0.2, 0.25) is 0 Å². The van der Waals surface area contributed by atoms with Crippen LogP contribution in [-0.4, -0.2) is 33.6 Å². The molecule has 22 heavy (non-hydrogen) atoms. The minimum atomic E-state index is -0.322. The fourth-order valence-electron chi connectivity index (χ4n) is 2.13. The van der Waals surface area contributed by atoms with Crippen LogP contribution in [0.1, 0.15) is 16.8 Å². The summed E-state index contributed by atoms with van der Waals surface area (Å²) in [5.41, 5.74) is 0.784. The normalized spacial score (nSPS) is 17.2. The first kappa shape index (κ1) is 14.7. The van der Waals surface area contributed by atoms with E-state index in [0.717, 1.165) is 17.9 Å². The number of phenols is 1. The highest BCUT2D eigenvalue weighted by molar-refractivity contribution is 7.99. The maximum absolute atomic E-state index is 12.1. The molecule has 6 heteroatoms. The maximum Gasteiger partial charge on any atom is 0.257 e. The van der Waals surface area contributed by atoms with Crippen molar-refractivity contribution in [2.45, 2.75) is 12.5 Å². The third-order valence-electron chi connectivity index (χ3n) is 3.33. The van der Waals surface area contributed by atoms with Crippen LogP contribution in [0.5, 0.6) is 11.6 Å². The Morgan fingerprint density at radius 2 is 2.18 bits per heavy atom. The van der Waals surface area contributed by atoms with Gasteiger partial charge in [0.05, 0.1) is 11.3 Å². The molecule has 2 aromatic rings. The SMILES string of the molecule is O=C(Nc1ccccc1O)c1ccc(OC2CCSC2)nc1. The number of benzene rings is 1. The van der Waals surface area contributed by atoms with E-state index in [1.54, 1.807) is 30.3 Å². The van der Waals surface area contributed by atoms with Crippen molar-refractivity contribution in [3.63, 3.8) is 0 Å². The zero-order valence-corrected chi connectivity index (χ0v) is 12.7. The Balaban J connectivity index is 1.64. The summed E-state index contributed by atoms with van der Waals surface area (Å²) in [6.07, 6.45) is 2.72. The highest BCUT2D eigenvalue weighted by atomic mass is 32.2. The topological polar surface area (TPSA) is 71.5 Å². The van der Waals surface area contributed by atoms with Crippen LogP contribution in [-0.2, 0) is 0 Å². The second-order valence-electron chi connectivity index (χ2n) is 4.96. The third-order valence-corrected chi connectivity index (χ3v) is 4.46. The molecular formula is C16H16N2O3S. The molecule has 1 atom stereocenters. The standard InChI is InChI=1S/C16H16N2O3S/c19-14-4-2-1-3-13(14)18-16(20)11-5-6-15(17-9-11)21-12-7-8-22-10-12/h1-6,9,12,19H,7-8,10H2,(H,18,20). The van der Waals surface area contributed by atoms with Gasteiger partial charge in [-0.05, 0) is 30.4 Å². The van der Waals surface area contributed by atoms with Gasteiger partial charge in [-0.25, -0.2) is 4.98 Å². The number of hydrogen-bond donors (Lipinski definition) is 2. The predicted molar refractivity (Wildman–Crippen MR) is 86.7 cm³/mol. The van der Waals surface area contributed by atoms with Crippen molar-refractivity contribution >= 4 is 23.4 Å². The van der Waals surface area contributed by atoms with E-state index in [1.165, 1.54) is 12.3 Å². The molecule has 1 fully saturated rings. The number of carbonyl (C=O) groups excluding carboxylic acids is 1. The zero-order chi connectivity index (χ0) is 15.4. The number of ether oxygens (including phenoxy) is 1. The molecule has 2 N–H and O–H groups in total. The van der Waals surface area contributed by atoms with Crippen LogP contribution in [0.3, 0.4) is 0 Å². The Bertz CT molecular complexity index is 655. The number of pyridine rings is 1. The van der Waals surface area contributed by atoms with Gasteiger partial charge in [0.25, 0.3) is 5.91 Å². The van der Waals surface area contributed by atoms with E-state index in [4.69, 9.17) is 4.74 Å². The average molecular weight is 316 g/mol. The van der Waals surface area contributed by atoms with E-state index in [0.29, 0.717) is 17.1 Å². The van der Waals surface area contributed by atoms with Crippen LogP contribution in [0.15, 0.2) is 42.6 Å². The summed E-state index contributed by atoms with van der Waals surface area (Å²) in [6.45, 7) is 0. The summed E-state index contributed by atoms with van der Waals surface area (Å²) in [5.74, 6) is 2.34. The number of hydrogen-bond acceptors (Lipinski definition) is 5. The number of carbonyl (C=O) groups is 1. The molecular weight excluding hydrogens is 300 g/mol. The van der Waals surface area contributed by atoms with Crippen LogP contribution < -0.4 is 10.1 Å². The van der Waals surface area contributed by atoms with Crippen molar-refractivity contribution in [1.29, 1.82) is 0 Å². The number of anilines is 1. The van der Waals surface area contributed by atoms with E-state index < -0.39 is 0 Å². The Morgan fingerprint density at radius 3 is 2.86 bits per heavy atom. The van der Waals surface area contributed by atoms with E-state index in [-0.39, 0.29) is 17.8 Å². The van der Waals surface area contributed by atoms with Gasteiger partial charge in [-0.15, -0.1) is 0 Å². The Hall–Kier alpha value is -2.21. The van der Waals surface area contributed by atoms with Gasteiger partial charge >= 0.3 is 0 Å². The highest BCUT2D eigenvalue weighted by Gasteiger charge is 2.17. The van der Waals surface area contributed by atoms with Gasteiger partial charge in [0.2, 0.25) is 5.88 Å². The number of aromatic nitrogens is 1. The lowest BCUT2D eigenvalue weighted by molar-refractivity contribution is 0.102. The van der Waals surface area contributed by atoms with Crippen molar-refractivity contribution in [2.24, 2.45) is 0 Å². The number of thioether (sulfide) groups is 1. The Labute approximate surface area is 132 Å². The minimum Gasteiger partial charge on any atom is -0.506 e. The number of phenolic OH excluding ortho intramolecular Hbond substituents is 1. The molecule has 0 aliphatic carbocycles. The quantitative estimate of drug-likeness (QED) is 0.849. The lowest BCUT2D eigenvalue weighted by Gasteiger charge is -2.11. The van der Waals surface area contributed by atoms with Crippen LogP contribution in [0.25, 0.3) is 0 Å². The summed E-state index contributed by atoms with van der Waals surface area (Å²) >= 11 is 1.87. The molecule has 1 aliphatic heterocycles. The summed E-state index contributed by atoms with van der Waals surface area (Å²) in [7, 11) is 0. The number of nitrogens with zero attached hydrogens (tertiary/aromatic N) is 1. The molecule has 5 nitrogen and oxygen atoms in total. The van der Waals surface area contributed by atoms with Gasteiger partial charge in [-0.3, -0.25) is 4.79 Å². The molecule has 0 saturated carbocycles. The van der Waals surface area contributed by atoms with Gasteiger partial charge in [0.1, 0.15) is 11.9 Å². The van der Waals surface area contributed by atoms with E-state index >= 15 is 0 Å². The lowest BCUT2D eigenvalue weighted by Crippen LogP contribution is -2.16. The molecule has 0 spiro atoms. The molecule has 1 saturated heterocycles. The van der Waals surface area contributed by atoms with Gasteiger partial charge in [0.15, 0.2) is 0 Å². The highest BCUT2D eigenvalue weighted by Crippen LogP contribution is 2.23. The van der Waals surface area contributed by atoms with Gasteiger partial charge < -0.3 is 15.2 Å². The third kappa shape index (κ3) is 3.51. The van der Waals surface area contributed by atoms with E-state index in [2.05, 4.69) is 10.3 Å². The number of rotatable bonds is 4. The molecule has 3 rings (SSSR count). The fourth-order valence-corrected chi connectivity index (χ4v) is 3.23. The van der Waals surface area contributed by atoms with Gasteiger partial charge in [-0.2, -0.15) is 11.8 Å². The molecule has 0 bridgehead atoms. The summed E-state index contributed by atoms with van der Waals surface area (Å²) < 4.78 is 5.74. The largest absolute Gasteiger partial charge is 0.506 e. The predicted octanol–water partition coefficient (Wildman–Crippen LogP) is 2.92. The maximum atomic E-state index is 12.1. The van der Waals surface area contributed by atoms with E-state index in [1.807, 2.05) is 11.8 Å². The second-order valence-corrected chi connectivity index (χ2v) is 6.11. The second kappa shape index (κ2) is 6.70. The first-order valence-electron chi connectivity index (χ1n) is 7.02. The monoisotopic (exact) mass is 316 g/mol. The fraction of sp³-hybridized carbons (Fsp3) is 0.250. The van der Waals surface area contributed by atoms with E-state index in [9.17, 15) is 9.90 Å². The Kier molecular flexibility index (Phi) is 4.48. The molecule has 1 aliphatic rings. The average Bonchev–Trinajstić information content (AvgIpc) is 3.03.